The van der Waals surface area contributed by atoms with Gasteiger partial charge in [-0.05, 0) is 76.0 Å². The zero-order valence-electron chi connectivity index (χ0n) is 25.6. The molecule has 234 valence electrons. The highest BCUT2D eigenvalue weighted by atomic mass is 32.2. The molecule has 0 bridgehead atoms. The molecule has 0 saturated carbocycles. The highest BCUT2D eigenvalue weighted by Crippen LogP contribution is 2.15. The Bertz CT molecular complexity index is 1340. The zero-order valence-corrected chi connectivity index (χ0v) is 27.2. The van der Waals surface area contributed by atoms with E-state index < -0.39 is 19.9 Å². The number of benzene rings is 2. The van der Waals surface area contributed by atoms with E-state index in [4.69, 9.17) is 0 Å². The molecule has 9 nitrogen and oxygen atoms in total. The molecule has 1 amide bonds. The molecule has 0 aromatic heterocycles. The van der Waals surface area contributed by atoms with Crippen molar-refractivity contribution in [1.82, 2.24) is 19.0 Å². The Labute approximate surface area is 253 Å². The first kappa shape index (κ1) is 34.2. The molecule has 0 N–H and O–H groups in total. The van der Waals surface area contributed by atoms with Crippen LogP contribution < -0.4 is 0 Å². The van der Waals surface area contributed by atoms with Crippen LogP contribution in [-0.4, -0.2) is 113 Å². The number of likely N-dealkylation sites (N-methyl/N-ethyl adjacent to an activating group) is 1. The molecule has 1 fully saturated rings. The molecule has 1 atom stereocenters. The third-order valence-corrected chi connectivity index (χ3v) is 10.9. The smallest absolute Gasteiger partial charge is 0.237 e. The van der Waals surface area contributed by atoms with Crippen molar-refractivity contribution < 1.29 is 21.6 Å². The van der Waals surface area contributed by atoms with Crippen LogP contribution in [0.15, 0.2) is 59.5 Å². The minimum atomic E-state index is -3.53. The van der Waals surface area contributed by atoms with Crippen molar-refractivity contribution in [2.45, 2.75) is 57.0 Å². The van der Waals surface area contributed by atoms with E-state index in [1.165, 1.54) is 10.6 Å². The van der Waals surface area contributed by atoms with E-state index in [0.29, 0.717) is 50.1 Å². The summed E-state index contributed by atoms with van der Waals surface area (Å²) in [6.45, 7) is 8.70. The lowest BCUT2D eigenvalue weighted by Gasteiger charge is -2.28. The molecule has 1 heterocycles. The number of sulfonamides is 1. The molecule has 0 radical (unpaired) electrons. The molecule has 2 aromatic carbocycles. The van der Waals surface area contributed by atoms with Gasteiger partial charge < -0.3 is 14.7 Å². The molecule has 3 rings (SSSR count). The maximum atomic E-state index is 13.1. The van der Waals surface area contributed by atoms with Crippen molar-refractivity contribution in [3.05, 3.63) is 65.7 Å². The first-order chi connectivity index (χ1) is 19.9. The Balaban J connectivity index is 1.41. The maximum Gasteiger partial charge on any atom is 0.237 e. The van der Waals surface area contributed by atoms with E-state index >= 15 is 0 Å². The number of nitrogens with zero attached hydrogens (tertiary/aromatic N) is 4. The number of carbonyl (C=O) groups excluding carboxylic acids is 1. The van der Waals surface area contributed by atoms with Gasteiger partial charge in [-0.2, -0.15) is 4.31 Å². The van der Waals surface area contributed by atoms with Crippen LogP contribution >= 0.6 is 0 Å². The van der Waals surface area contributed by atoms with Crippen molar-refractivity contribution in [3.63, 3.8) is 0 Å². The number of hydrogen-bond acceptors (Lipinski definition) is 7. The maximum absolute atomic E-state index is 13.1. The van der Waals surface area contributed by atoms with Crippen LogP contribution in [0.25, 0.3) is 0 Å². The third kappa shape index (κ3) is 10.8. The summed E-state index contributed by atoms with van der Waals surface area (Å²) in [5, 5.41) is 0. The molecule has 0 aliphatic carbocycles. The van der Waals surface area contributed by atoms with Gasteiger partial charge in [0.15, 0.2) is 9.84 Å². The molecule has 11 heteroatoms. The van der Waals surface area contributed by atoms with E-state index in [2.05, 4.69) is 18.7 Å². The average molecular weight is 621 g/mol. The number of sulfone groups is 1. The fraction of sp³-hybridized carbons (Fsp3) is 0.581. The molecule has 1 aliphatic rings. The number of unbranched alkanes of at least 4 members (excludes halogenated alkanes) is 1. The van der Waals surface area contributed by atoms with Gasteiger partial charge in [0.2, 0.25) is 15.9 Å². The van der Waals surface area contributed by atoms with E-state index in [9.17, 15) is 21.6 Å². The van der Waals surface area contributed by atoms with Crippen molar-refractivity contribution in [3.8, 4) is 0 Å². The normalized spacial score (nSPS) is 16.2. The lowest BCUT2D eigenvalue weighted by molar-refractivity contribution is -0.130. The molecule has 42 heavy (non-hydrogen) atoms. The predicted molar refractivity (Wildman–Crippen MR) is 169 cm³/mol. The van der Waals surface area contributed by atoms with Gasteiger partial charge >= 0.3 is 0 Å². The number of amides is 1. The molecular formula is C31H48N4O5S2. The average Bonchev–Trinajstić information content (AvgIpc) is 3.14. The van der Waals surface area contributed by atoms with Gasteiger partial charge in [0, 0.05) is 45.0 Å². The van der Waals surface area contributed by atoms with E-state index in [0.717, 1.165) is 43.5 Å². The Morgan fingerprint density at radius 2 is 1.60 bits per heavy atom. The standard InChI is InChI=1S/C31H48N4O5S2/c1-5-33(27(2)24-28-14-16-30(17-15-28)41(4,37)38)18-9-10-19-34-20-11-21-35(26-31(34)36)42(39,40)23-22-32(3)25-29-12-7-6-8-13-29/h6-8,12-17,27H,5,9-11,18-26H2,1-4H3. The van der Waals surface area contributed by atoms with Crippen LogP contribution in [0.5, 0.6) is 0 Å². The van der Waals surface area contributed by atoms with Crippen LogP contribution in [0, 0.1) is 0 Å². The molecule has 1 saturated heterocycles. The van der Waals surface area contributed by atoms with Crippen LogP contribution in [0.1, 0.15) is 44.2 Å². The Kier molecular flexibility index (Phi) is 13.0. The monoisotopic (exact) mass is 620 g/mol. The number of carbonyl (C=O) groups is 1. The molecule has 1 aliphatic heterocycles. The van der Waals surface area contributed by atoms with Gasteiger partial charge in [-0.3, -0.25) is 4.79 Å². The van der Waals surface area contributed by atoms with Crippen molar-refractivity contribution in [2.24, 2.45) is 0 Å². The second-order valence-corrected chi connectivity index (χ2v) is 15.5. The van der Waals surface area contributed by atoms with Gasteiger partial charge in [0.1, 0.15) is 0 Å². The predicted octanol–water partition coefficient (Wildman–Crippen LogP) is 3.12. The summed E-state index contributed by atoms with van der Waals surface area (Å²) >= 11 is 0. The fourth-order valence-corrected chi connectivity index (χ4v) is 7.54. The second-order valence-electron chi connectivity index (χ2n) is 11.4. The Morgan fingerprint density at radius 1 is 0.905 bits per heavy atom. The molecule has 2 aromatic rings. The Morgan fingerprint density at radius 3 is 2.24 bits per heavy atom. The van der Waals surface area contributed by atoms with Gasteiger partial charge in [0.05, 0.1) is 17.2 Å². The minimum absolute atomic E-state index is 0.00347. The van der Waals surface area contributed by atoms with Crippen LogP contribution in [0.4, 0.5) is 0 Å². The van der Waals surface area contributed by atoms with Gasteiger partial charge in [0.25, 0.3) is 0 Å². The van der Waals surface area contributed by atoms with Crippen LogP contribution in [-0.2, 0) is 37.6 Å². The largest absolute Gasteiger partial charge is 0.342 e. The van der Waals surface area contributed by atoms with Gasteiger partial charge in [-0.1, -0.05) is 49.4 Å². The summed E-state index contributed by atoms with van der Waals surface area (Å²) in [5.41, 5.74) is 2.24. The van der Waals surface area contributed by atoms with Crippen molar-refractivity contribution in [2.75, 3.05) is 64.9 Å². The third-order valence-electron chi connectivity index (χ3n) is 7.96. The summed E-state index contributed by atoms with van der Waals surface area (Å²) in [4.78, 5) is 19.5. The first-order valence-electron chi connectivity index (χ1n) is 14.9. The topological polar surface area (TPSA) is 98.3 Å². The summed E-state index contributed by atoms with van der Waals surface area (Å²) in [6, 6.07) is 17.4. The Hall–Kier alpha value is -2.31. The number of hydrogen-bond donors (Lipinski definition) is 0. The second kappa shape index (κ2) is 16.0. The van der Waals surface area contributed by atoms with E-state index in [1.807, 2.05) is 59.3 Å². The van der Waals surface area contributed by atoms with Crippen LogP contribution in [0.2, 0.25) is 0 Å². The zero-order chi connectivity index (χ0) is 30.8. The summed E-state index contributed by atoms with van der Waals surface area (Å²) in [7, 11) is -4.81. The lowest BCUT2D eigenvalue weighted by Crippen LogP contribution is -2.42. The summed E-state index contributed by atoms with van der Waals surface area (Å²) in [5.74, 6) is -0.122. The lowest BCUT2D eigenvalue weighted by atomic mass is 10.1. The van der Waals surface area contributed by atoms with Gasteiger partial charge in [-0.25, -0.2) is 16.8 Å². The van der Waals surface area contributed by atoms with Gasteiger partial charge in [-0.15, -0.1) is 0 Å². The SMILES string of the molecule is CCN(CCCCN1CCCN(S(=O)(=O)CCN(C)Cc2ccccc2)CC1=O)C(C)Cc1ccc(S(C)(=O)=O)cc1. The first-order valence-corrected chi connectivity index (χ1v) is 18.4. The molecule has 1 unspecified atom stereocenters. The highest BCUT2D eigenvalue weighted by Gasteiger charge is 2.29. The van der Waals surface area contributed by atoms with Crippen molar-refractivity contribution >= 4 is 25.8 Å². The fourth-order valence-electron chi connectivity index (χ4n) is 5.39. The quantitative estimate of drug-likeness (QED) is 0.266. The number of rotatable bonds is 16. The van der Waals surface area contributed by atoms with Crippen molar-refractivity contribution in [1.29, 1.82) is 0 Å². The summed E-state index contributed by atoms with van der Waals surface area (Å²) < 4.78 is 50.9. The van der Waals surface area contributed by atoms with E-state index in [-0.39, 0.29) is 18.2 Å². The molecule has 0 spiro atoms. The molecular weight excluding hydrogens is 572 g/mol. The van der Waals surface area contributed by atoms with Crippen LogP contribution in [0.3, 0.4) is 0 Å². The van der Waals surface area contributed by atoms with E-state index in [1.54, 1.807) is 12.1 Å². The highest BCUT2D eigenvalue weighted by molar-refractivity contribution is 7.90. The summed E-state index contributed by atoms with van der Waals surface area (Å²) in [6.07, 6.45) is 4.48. The minimum Gasteiger partial charge on any atom is -0.342 e.